The third-order valence-electron chi connectivity index (χ3n) is 4.67. The normalized spacial score (nSPS) is 18.6. The molecule has 0 amide bonds. The first-order valence-corrected chi connectivity index (χ1v) is 7.94. The van der Waals surface area contributed by atoms with Gasteiger partial charge in [0.05, 0.1) is 5.39 Å². The van der Waals surface area contributed by atoms with Gasteiger partial charge in [0.2, 0.25) is 5.95 Å². The van der Waals surface area contributed by atoms with Gasteiger partial charge in [0.25, 0.3) is 5.56 Å². The van der Waals surface area contributed by atoms with Gasteiger partial charge in [0.1, 0.15) is 0 Å². The van der Waals surface area contributed by atoms with Crippen LogP contribution < -0.4 is 10.9 Å². The van der Waals surface area contributed by atoms with Crippen molar-refractivity contribution < 1.29 is 4.79 Å². The van der Waals surface area contributed by atoms with Gasteiger partial charge in [0.15, 0.2) is 11.4 Å². The number of hydrogen-bond donors (Lipinski definition) is 2. The SMILES string of the molecule is O=C1CCCc2c1cnc1nc(NC3CCCC3)[nH]c(=O)c21. The molecule has 0 atom stereocenters. The second-order valence-corrected chi connectivity index (χ2v) is 6.17. The summed E-state index contributed by atoms with van der Waals surface area (Å²) in [6, 6.07) is 0.375. The zero-order valence-electron chi connectivity index (χ0n) is 12.3. The van der Waals surface area contributed by atoms with Gasteiger partial charge < -0.3 is 5.32 Å². The Morgan fingerprint density at radius 2 is 1.95 bits per heavy atom. The lowest BCUT2D eigenvalue weighted by Crippen LogP contribution is -2.22. The largest absolute Gasteiger partial charge is 0.353 e. The number of aromatic amines is 1. The molecule has 2 aliphatic carbocycles. The fraction of sp³-hybridized carbons (Fsp3) is 0.500. The lowest BCUT2D eigenvalue weighted by atomic mass is 9.90. The molecule has 4 rings (SSSR count). The van der Waals surface area contributed by atoms with Crippen molar-refractivity contribution in [1.29, 1.82) is 0 Å². The maximum atomic E-state index is 12.5. The number of H-pyrrole nitrogens is 1. The van der Waals surface area contributed by atoms with Gasteiger partial charge in [-0.2, -0.15) is 4.98 Å². The molecule has 0 bridgehead atoms. The molecule has 22 heavy (non-hydrogen) atoms. The van der Waals surface area contributed by atoms with Crippen LogP contribution in [0.2, 0.25) is 0 Å². The molecule has 6 heteroatoms. The summed E-state index contributed by atoms with van der Waals surface area (Å²) in [6.07, 6.45) is 8.26. The number of carbonyl (C=O) groups is 1. The van der Waals surface area contributed by atoms with Crippen LogP contribution in [0.1, 0.15) is 54.4 Å². The Labute approximate surface area is 127 Å². The molecule has 114 valence electrons. The third kappa shape index (κ3) is 2.19. The Balaban J connectivity index is 1.80. The number of fused-ring (bicyclic) bond motifs is 3. The molecule has 2 aliphatic rings. The molecule has 2 heterocycles. The van der Waals surface area contributed by atoms with Gasteiger partial charge in [-0.1, -0.05) is 12.8 Å². The minimum atomic E-state index is -0.204. The number of pyridine rings is 1. The van der Waals surface area contributed by atoms with Gasteiger partial charge in [-0.3, -0.25) is 14.6 Å². The molecular weight excluding hydrogens is 280 g/mol. The number of aromatic nitrogens is 3. The molecular formula is C16H18N4O2. The summed E-state index contributed by atoms with van der Waals surface area (Å²) in [5.41, 5.74) is 1.62. The monoisotopic (exact) mass is 298 g/mol. The summed E-state index contributed by atoms with van der Waals surface area (Å²) in [5, 5.41) is 3.76. The predicted octanol–water partition coefficient (Wildman–Crippen LogP) is 2.19. The lowest BCUT2D eigenvalue weighted by Gasteiger charge is -2.16. The van der Waals surface area contributed by atoms with Crippen LogP contribution in [0.4, 0.5) is 5.95 Å². The van der Waals surface area contributed by atoms with Gasteiger partial charge >= 0.3 is 0 Å². The zero-order chi connectivity index (χ0) is 15.1. The molecule has 2 aromatic rings. The average molecular weight is 298 g/mol. The second-order valence-electron chi connectivity index (χ2n) is 6.17. The van der Waals surface area contributed by atoms with E-state index in [1.165, 1.54) is 12.8 Å². The zero-order valence-corrected chi connectivity index (χ0v) is 12.3. The maximum absolute atomic E-state index is 12.5. The fourth-order valence-electron chi connectivity index (χ4n) is 3.56. The standard InChI is InChI=1S/C16H18N4O2/c21-12-7-3-6-10-11(12)8-17-14-13(10)15(22)20-16(19-14)18-9-4-1-2-5-9/h8-9H,1-7H2,(H2,17,18,19,20,22). The van der Waals surface area contributed by atoms with E-state index in [0.29, 0.717) is 35.0 Å². The van der Waals surface area contributed by atoms with Gasteiger partial charge in [-0.05, 0) is 31.2 Å². The maximum Gasteiger partial charge on any atom is 0.262 e. The van der Waals surface area contributed by atoms with Crippen LogP contribution in [-0.2, 0) is 6.42 Å². The van der Waals surface area contributed by atoms with Crippen molar-refractivity contribution in [2.24, 2.45) is 0 Å². The highest BCUT2D eigenvalue weighted by atomic mass is 16.1. The Morgan fingerprint density at radius 1 is 1.14 bits per heavy atom. The first-order chi connectivity index (χ1) is 10.7. The molecule has 0 spiro atoms. The van der Waals surface area contributed by atoms with Crippen LogP contribution >= 0.6 is 0 Å². The van der Waals surface area contributed by atoms with E-state index in [0.717, 1.165) is 31.2 Å². The highest BCUT2D eigenvalue weighted by Crippen LogP contribution is 2.26. The van der Waals surface area contributed by atoms with E-state index in [4.69, 9.17) is 0 Å². The van der Waals surface area contributed by atoms with Crippen molar-refractivity contribution in [3.63, 3.8) is 0 Å². The van der Waals surface area contributed by atoms with Crippen molar-refractivity contribution in [2.45, 2.75) is 51.0 Å². The number of Topliss-reactive ketones (excluding diaryl/α,β-unsaturated/α-hetero) is 1. The van der Waals surface area contributed by atoms with Gasteiger partial charge in [-0.25, -0.2) is 4.98 Å². The van der Waals surface area contributed by atoms with Crippen molar-refractivity contribution >= 4 is 22.8 Å². The lowest BCUT2D eigenvalue weighted by molar-refractivity contribution is 0.0972. The number of anilines is 1. The molecule has 0 saturated heterocycles. The molecule has 6 nitrogen and oxygen atoms in total. The summed E-state index contributed by atoms with van der Waals surface area (Å²) in [5.74, 6) is 0.558. The van der Waals surface area contributed by atoms with Crippen LogP contribution in [-0.4, -0.2) is 26.8 Å². The van der Waals surface area contributed by atoms with Crippen molar-refractivity contribution in [3.8, 4) is 0 Å². The number of rotatable bonds is 2. The summed E-state index contributed by atoms with van der Waals surface area (Å²) in [4.78, 5) is 35.9. The summed E-state index contributed by atoms with van der Waals surface area (Å²) < 4.78 is 0. The molecule has 1 saturated carbocycles. The summed E-state index contributed by atoms with van der Waals surface area (Å²) in [6.45, 7) is 0. The first-order valence-electron chi connectivity index (χ1n) is 7.94. The molecule has 2 N–H and O–H groups in total. The quantitative estimate of drug-likeness (QED) is 0.887. The van der Waals surface area contributed by atoms with Crippen molar-refractivity contribution in [1.82, 2.24) is 15.0 Å². The summed E-state index contributed by atoms with van der Waals surface area (Å²) >= 11 is 0. The number of nitrogens with one attached hydrogen (secondary N) is 2. The van der Waals surface area contributed by atoms with Crippen molar-refractivity contribution in [3.05, 3.63) is 27.7 Å². The van der Waals surface area contributed by atoms with Gasteiger partial charge in [0, 0.05) is 24.2 Å². The van der Waals surface area contributed by atoms with E-state index in [-0.39, 0.29) is 11.3 Å². The molecule has 0 radical (unpaired) electrons. The summed E-state index contributed by atoms with van der Waals surface area (Å²) in [7, 11) is 0. The van der Waals surface area contributed by atoms with Crippen LogP contribution in [0.5, 0.6) is 0 Å². The van der Waals surface area contributed by atoms with Crippen LogP contribution in [0.3, 0.4) is 0 Å². The minimum absolute atomic E-state index is 0.0724. The van der Waals surface area contributed by atoms with Gasteiger partial charge in [-0.15, -0.1) is 0 Å². The highest BCUT2D eigenvalue weighted by Gasteiger charge is 2.23. The Kier molecular flexibility index (Phi) is 3.17. The Morgan fingerprint density at radius 3 is 2.77 bits per heavy atom. The molecule has 0 aliphatic heterocycles. The smallest absolute Gasteiger partial charge is 0.262 e. The second kappa shape index (κ2) is 5.19. The van der Waals surface area contributed by atoms with Crippen LogP contribution in [0.25, 0.3) is 11.0 Å². The van der Waals surface area contributed by atoms with E-state index in [9.17, 15) is 9.59 Å². The van der Waals surface area contributed by atoms with E-state index in [1.54, 1.807) is 6.20 Å². The third-order valence-corrected chi connectivity index (χ3v) is 4.67. The fourth-order valence-corrected chi connectivity index (χ4v) is 3.56. The van der Waals surface area contributed by atoms with Crippen LogP contribution in [0.15, 0.2) is 11.0 Å². The number of aryl methyl sites for hydroxylation is 1. The number of nitrogens with zero attached hydrogens (tertiary/aromatic N) is 2. The van der Waals surface area contributed by atoms with Crippen molar-refractivity contribution in [2.75, 3.05) is 5.32 Å². The first kappa shape index (κ1) is 13.4. The average Bonchev–Trinajstić information content (AvgIpc) is 3.00. The predicted molar refractivity (Wildman–Crippen MR) is 83.3 cm³/mol. The van der Waals surface area contributed by atoms with E-state index >= 15 is 0 Å². The Hall–Kier alpha value is -2.24. The minimum Gasteiger partial charge on any atom is -0.353 e. The number of carbonyl (C=O) groups excluding carboxylic acids is 1. The van der Waals surface area contributed by atoms with E-state index < -0.39 is 0 Å². The number of ketones is 1. The Bertz CT molecular complexity index is 806. The van der Waals surface area contributed by atoms with E-state index in [1.807, 2.05) is 0 Å². The van der Waals surface area contributed by atoms with Crippen LogP contribution in [0, 0.1) is 0 Å². The topological polar surface area (TPSA) is 87.7 Å². The molecule has 1 fully saturated rings. The molecule has 0 unspecified atom stereocenters. The number of hydrogen-bond acceptors (Lipinski definition) is 5. The molecule has 0 aromatic carbocycles. The van der Waals surface area contributed by atoms with E-state index in [2.05, 4.69) is 20.3 Å². The highest BCUT2D eigenvalue weighted by molar-refractivity contribution is 6.01. The molecule has 2 aromatic heterocycles.